The van der Waals surface area contributed by atoms with Gasteiger partial charge in [-0.25, -0.2) is 27.4 Å². The molecule has 3 aromatic rings. The van der Waals surface area contributed by atoms with Gasteiger partial charge in [0, 0.05) is 6.07 Å². The summed E-state index contributed by atoms with van der Waals surface area (Å²) >= 11 is 0. The highest BCUT2D eigenvalue weighted by atomic mass is 32.2. The first-order chi connectivity index (χ1) is 14.8. The van der Waals surface area contributed by atoms with Gasteiger partial charge in [-0.05, 0) is 56.5 Å². The smallest absolute Gasteiger partial charge is 0.397 e. The normalized spacial score (nSPS) is 11.0. The summed E-state index contributed by atoms with van der Waals surface area (Å²) in [6, 6.07) is 8.31. The Labute approximate surface area is 184 Å². The predicted octanol–water partition coefficient (Wildman–Crippen LogP) is 3.51. The number of aromatic nitrogens is 1. The van der Waals surface area contributed by atoms with Crippen molar-refractivity contribution in [1.29, 1.82) is 0 Å². The molecule has 3 rings (SSSR count). The highest BCUT2D eigenvalue weighted by Gasteiger charge is 2.17. The van der Waals surface area contributed by atoms with Gasteiger partial charge in [0.1, 0.15) is 22.5 Å². The summed E-state index contributed by atoms with van der Waals surface area (Å²) < 4.78 is 78.7. The summed E-state index contributed by atoms with van der Waals surface area (Å²) in [6.45, 7) is 6.49. The minimum Gasteiger partial charge on any atom is -0.744 e. The van der Waals surface area contributed by atoms with Crippen LogP contribution in [0.25, 0.3) is 0 Å². The fraction of sp³-hybridized carbons (Fsp3) is 0.227. The highest BCUT2D eigenvalue weighted by molar-refractivity contribution is 7.85. The first-order valence-corrected chi connectivity index (χ1v) is 10.8. The van der Waals surface area contributed by atoms with Crippen LogP contribution in [0.4, 0.5) is 13.2 Å². The molecule has 1 heterocycles. The average molecular weight is 468 g/mol. The third-order valence-electron chi connectivity index (χ3n) is 4.46. The summed E-state index contributed by atoms with van der Waals surface area (Å²) in [4.78, 5) is -0.0851. The third kappa shape index (κ3) is 6.21. The van der Waals surface area contributed by atoms with Crippen LogP contribution in [0.5, 0.6) is 5.88 Å². The molecule has 0 radical (unpaired) electrons. The summed E-state index contributed by atoms with van der Waals surface area (Å²) in [5.74, 6) is 2.58. The Bertz CT molecular complexity index is 1230. The van der Waals surface area contributed by atoms with E-state index in [0.717, 1.165) is 23.3 Å². The van der Waals surface area contributed by atoms with Gasteiger partial charge in [0.05, 0.1) is 16.5 Å². The Kier molecular flexibility index (Phi) is 7.87. The van der Waals surface area contributed by atoms with Crippen LogP contribution in [-0.4, -0.2) is 13.0 Å². The first kappa shape index (κ1) is 25.2. The molecule has 2 aromatic carbocycles. The number of ether oxygens (including phenoxy) is 1. The second-order valence-electron chi connectivity index (χ2n) is 7.24. The Balaban J connectivity index is 0.000000244. The molecular formula is C22H23F3N2O4S. The molecule has 2 N–H and O–H groups in total. The maximum Gasteiger partial charge on any atom is 0.397 e. The Morgan fingerprint density at radius 3 is 2.06 bits per heavy atom. The zero-order valence-corrected chi connectivity index (χ0v) is 18.8. The van der Waals surface area contributed by atoms with Gasteiger partial charge in [-0.15, -0.1) is 0 Å². The zero-order valence-electron chi connectivity index (χ0n) is 17.9. The number of halogens is 3. The van der Waals surface area contributed by atoms with Crippen molar-refractivity contribution >= 4 is 10.1 Å². The molecule has 0 amide bonds. The summed E-state index contributed by atoms with van der Waals surface area (Å²) in [6.07, 6.45) is 1.54. The summed E-state index contributed by atoms with van der Waals surface area (Å²) in [5.41, 5.74) is 2.40. The fourth-order valence-electron chi connectivity index (χ4n) is 3.11. The highest BCUT2D eigenvalue weighted by Crippen LogP contribution is 2.21. The molecule has 0 bridgehead atoms. The van der Waals surface area contributed by atoms with Gasteiger partial charge in [-0.1, -0.05) is 22.4 Å². The van der Waals surface area contributed by atoms with Crippen molar-refractivity contribution < 1.29 is 35.6 Å². The van der Waals surface area contributed by atoms with E-state index in [-0.39, 0.29) is 10.8 Å². The number of rotatable bonds is 4. The van der Waals surface area contributed by atoms with E-state index in [2.05, 4.69) is 0 Å². The monoisotopic (exact) mass is 468 g/mol. The van der Waals surface area contributed by atoms with Crippen LogP contribution < -0.4 is 15.3 Å². The molecule has 0 fully saturated rings. The molecule has 0 spiro atoms. The second-order valence-corrected chi connectivity index (χ2v) is 8.56. The summed E-state index contributed by atoms with van der Waals surface area (Å²) in [7, 11) is -4.33. The SMILES string of the molecule is Cc1cc(C)c(S(=O)(=O)[O-])c(C)c1.Cc1cc[n+](N)c(OCc2c(F)ccc(F)c2F)c1. The topological polar surface area (TPSA) is 96.3 Å². The fourth-order valence-corrected chi connectivity index (χ4v) is 4.02. The third-order valence-corrected chi connectivity index (χ3v) is 5.61. The molecule has 0 saturated carbocycles. The van der Waals surface area contributed by atoms with E-state index >= 15 is 0 Å². The minimum absolute atomic E-state index is 0.0851. The van der Waals surface area contributed by atoms with Crippen molar-refractivity contribution in [3.63, 3.8) is 0 Å². The Morgan fingerprint density at radius 2 is 1.50 bits per heavy atom. The lowest BCUT2D eigenvalue weighted by atomic mass is 10.1. The van der Waals surface area contributed by atoms with Crippen LogP contribution in [0.1, 0.15) is 27.8 Å². The van der Waals surface area contributed by atoms with Gasteiger partial charge >= 0.3 is 5.88 Å². The predicted molar refractivity (Wildman–Crippen MR) is 111 cm³/mol. The number of hydrogen-bond acceptors (Lipinski definition) is 5. The van der Waals surface area contributed by atoms with Crippen LogP contribution in [0.2, 0.25) is 0 Å². The largest absolute Gasteiger partial charge is 0.744 e. The molecule has 0 atom stereocenters. The lowest BCUT2D eigenvalue weighted by molar-refractivity contribution is -0.645. The minimum atomic E-state index is -4.33. The Morgan fingerprint density at radius 1 is 0.938 bits per heavy atom. The van der Waals surface area contributed by atoms with E-state index in [1.807, 2.05) is 13.8 Å². The van der Waals surface area contributed by atoms with Crippen molar-refractivity contribution in [3.8, 4) is 5.88 Å². The lowest BCUT2D eigenvalue weighted by Crippen LogP contribution is -2.45. The number of nitrogen functional groups attached to an aromatic ring is 1. The van der Waals surface area contributed by atoms with E-state index in [1.54, 1.807) is 44.3 Å². The molecule has 0 aliphatic carbocycles. The average Bonchev–Trinajstić information content (AvgIpc) is 2.66. The molecule has 0 aliphatic heterocycles. The standard InChI is InChI=1S/C13H12F3N2O.C9H12O3S/c1-8-4-5-18(17)12(6-8)19-7-9-10(14)2-3-11(15)13(9)16;1-6-4-7(2)9(8(3)5-6)13(10,11)12/h2-6H,7,17H2,1H3;4-5H,1-3H3,(H,10,11,12)/q+1;/p-1. The molecule has 172 valence electrons. The van der Waals surface area contributed by atoms with Crippen molar-refractivity contribution in [2.24, 2.45) is 0 Å². The number of aryl methyl sites for hydroxylation is 4. The number of pyridine rings is 1. The van der Waals surface area contributed by atoms with Crippen molar-refractivity contribution in [2.75, 3.05) is 5.84 Å². The van der Waals surface area contributed by atoms with E-state index < -0.39 is 39.7 Å². The van der Waals surface area contributed by atoms with E-state index in [0.29, 0.717) is 11.1 Å². The van der Waals surface area contributed by atoms with Gasteiger partial charge < -0.3 is 9.29 Å². The number of nitrogens with zero attached hydrogens (tertiary/aromatic N) is 1. The molecule has 32 heavy (non-hydrogen) atoms. The van der Waals surface area contributed by atoms with Gasteiger partial charge in [0.2, 0.25) is 6.20 Å². The first-order valence-electron chi connectivity index (χ1n) is 9.37. The maximum atomic E-state index is 13.4. The molecule has 0 saturated heterocycles. The van der Waals surface area contributed by atoms with Crippen LogP contribution in [0.15, 0.2) is 47.5 Å². The van der Waals surface area contributed by atoms with Gasteiger partial charge in [-0.2, -0.15) is 0 Å². The molecule has 0 unspecified atom stereocenters. The maximum absolute atomic E-state index is 13.4. The zero-order chi connectivity index (χ0) is 24.2. The van der Waals surface area contributed by atoms with Crippen molar-refractivity contribution in [2.45, 2.75) is 39.2 Å². The lowest BCUT2D eigenvalue weighted by Gasteiger charge is -2.14. The van der Waals surface area contributed by atoms with Crippen LogP contribution in [0.3, 0.4) is 0 Å². The Hall–Kier alpha value is -3.11. The van der Waals surface area contributed by atoms with Crippen molar-refractivity contribution in [3.05, 3.63) is 87.9 Å². The van der Waals surface area contributed by atoms with Gasteiger partial charge in [0.25, 0.3) is 0 Å². The van der Waals surface area contributed by atoms with Crippen molar-refractivity contribution in [1.82, 2.24) is 0 Å². The number of benzene rings is 2. The molecule has 1 aromatic heterocycles. The van der Waals surface area contributed by atoms with Gasteiger partial charge in [-0.3, -0.25) is 0 Å². The second kappa shape index (κ2) is 10.0. The molecular weight excluding hydrogens is 445 g/mol. The van der Waals surface area contributed by atoms with Crippen LogP contribution in [0, 0.1) is 45.1 Å². The number of hydrogen-bond donors (Lipinski definition) is 1. The molecule has 10 heteroatoms. The van der Waals surface area contributed by atoms with Crippen LogP contribution >= 0.6 is 0 Å². The molecule has 6 nitrogen and oxygen atoms in total. The van der Waals surface area contributed by atoms with E-state index in [9.17, 15) is 26.1 Å². The number of nitrogens with two attached hydrogens (primary N) is 1. The van der Waals surface area contributed by atoms with Crippen LogP contribution in [-0.2, 0) is 16.7 Å². The summed E-state index contributed by atoms with van der Waals surface area (Å²) in [5, 5.41) is 0. The van der Waals surface area contributed by atoms with Gasteiger partial charge in [0.15, 0.2) is 11.6 Å². The van der Waals surface area contributed by atoms with E-state index in [1.165, 1.54) is 4.68 Å². The molecule has 0 aliphatic rings. The quantitative estimate of drug-likeness (QED) is 0.274. The van der Waals surface area contributed by atoms with E-state index in [4.69, 9.17) is 10.6 Å².